The van der Waals surface area contributed by atoms with Crippen LogP contribution in [0.15, 0.2) is 22.7 Å². The summed E-state index contributed by atoms with van der Waals surface area (Å²) < 4.78 is 4.73. The Morgan fingerprint density at radius 1 is 1.28 bits per heavy atom. The Morgan fingerprint density at radius 3 is 2.39 bits per heavy atom. The molecule has 0 saturated carbocycles. The SMILES string of the molecule is O=Cc1c(-c2c(Cl)cccc2Cl)noc1C(=O)Cl. The van der Waals surface area contributed by atoms with Gasteiger partial charge >= 0.3 is 0 Å². The van der Waals surface area contributed by atoms with Crippen molar-refractivity contribution in [2.24, 2.45) is 0 Å². The van der Waals surface area contributed by atoms with Gasteiger partial charge in [-0.05, 0) is 23.7 Å². The topological polar surface area (TPSA) is 60.2 Å². The van der Waals surface area contributed by atoms with E-state index in [0.717, 1.165) is 0 Å². The molecule has 7 heteroatoms. The molecule has 0 aliphatic rings. The Morgan fingerprint density at radius 2 is 1.89 bits per heavy atom. The van der Waals surface area contributed by atoms with E-state index >= 15 is 0 Å². The smallest absolute Gasteiger partial charge is 0.291 e. The van der Waals surface area contributed by atoms with Crippen LogP contribution in [0.2, 0.25) is 10.0 Å². The molecule has 0 unspecified atom stereocenters. The summed E-state index contributed by atoms with van der Waals surface area (Å²) in [4.78, 5) is 22.1. The molecule has 0 aliphatic heterocycles. The standard InChI is InChI=1S/C11H4Cl3NO3/c12-6-2-1-3-7(13)8(6)9-5(4-16)10(11(14)17)18-15-9/h1-4H. The fourth-order valence-electron chi connectivity index (χ4n) is 1.45. The monoisotopic (exact) mass is 303 g/mol. The van der Waals surface area contributed by atoms with Crippen molar-refractivity contribution in [3.63, 3.8) is 0 Å². The van der Waals surface area contributed by atoms with E-state index in [1.165, 1.54) is 0 Å². The first kappa shape index (κ1) is 13.1. The third-order valence-corrected chi connectivity index (χ3v) is 3.03. The predicted molar refractivity (Wildman–Crippen MR) is 67.5 cm³/mol. The summed E-state index contributed by atoms with van der Waals surface area (Å²) in [5.41, 5.74) is 0.324. The number of halogens is 3. The lowest BCUT2D eigenvalue weighted by atomic mass is 10.1. The molecule has 0 amide bonds. The summed E-state index contributed by atoms with van der Waals surface area (Å²) in [5.74, 6) is -0.336. The highest BCUT2D eigenvalue weighted by atomic mass is 35.5. The van der Waals surface area contributed by atoms with Gasteiger partial charge < -0.3 is 4.52 Å². The van der Waals surface area contributed by atoms with Crippen molar-refractivity contribution >= 4 is 46.3 Å². The van der Waals surface area contributed by atoms with Crippen LogP contribution in [0.4, 0.5) is 0 Å². The molecule has 92 valence electrons. The molecule has 2 aromatic rings. The lowest BCUT2D eigenvalue weighted by Gasteiger charge is -2.03. The summed E-state index contributed by atoms with van der Waals surface area (Å²) in [7, 11) is 0. The van der Waals surface area contributed by atoms with E-state index < -0.39 is 5.24 Å². The summed E-state index contributed by atoms with van der Waals surface area (Å²) in [6.45, 7) is 0. The minimum absolute atomic E-state index is 0.0787. The number of aldehydes is 1. The van der Waals surface area contributed by atoms with Crippen molar-refractivity contribution in [3.05, 3.63) is 39.6 Å². The Bertz CT molecular complexity index is 616. The Hall–Kier alpha value is -1.36. The highest BCUT2D eigenvalue weighted by Gasteiger charge is 2.24. The normalized spacial score (nSPS) is 10.4. The van der Waals surface area contributed by atoms with Crippen molar-refractivity contribution in [2.75, 3.05) is 0 Å². The first-order valence-electron chi connectivity index (χ1n) is 4.65. The minimum Gasteiger partial charge on any atom is -0.350 e. The molecule has 18 heavy (non-hydrogen) atoms. The van der Waals surface area contributed by atoms with E-state index in [0.29, 0.717) is 11.8 Å². The maximum atomic E-state index is 11.0. The van der Waals surface area contributed by atoms with E-state index in [1.54, 1.807) is 18.2 Å². The number of nitrogens with zero attached hydrogens (tertiary/aromatic N) is 1. The Kier molecular flexibility index (Phi) is 3.71. The van der Waals surface area contributed by atoms with Gasteiger partial charge in [0.05, 0.1) is 15.6 Å². The van der Waals surface area contributed by atoms with Crippen molar-refractivity contribution in [2.45, 2.75) is 0 Å². The fourth-order valence-corrected chi connectivity index (χ4v) is 2.17. The summed E-state index contributed by atoms with van der Waals surface area (Å²) in [5, 5.41) is 3.27. The van der Waals surface area contributed by atoms with Crippen LogP contribution in [-0.2, 0) is 0 Å². The third-order valence-electron chi connectivity index (χ3n) is 2.22. The van der Waals surface area contributed by atoms with Gasteiger partial charge in [0.25, 0.3) is 5.24 Å². The molecule has 1 aromatic heterocycles. The second-order valence-electron chi connectivity index (χ2n) is 3.26. The lowest BCUT2D eigenvalue weighted by molar-refractivity contribution is 0.103. The van der Waals surface area contributed by atoms with E-state index in [9.17, 15) is 9.59 Å². The zero-order valence-electron chi connectivity index (χ0n) is 8.62. The van der Waals surface area contributed by atoms with Crippen LogP contribution in [0, 0.1) is 0 Å². The zero-order chi connectivity index (χ0) is 13.3. The highest BCUT2D eigenvalue weighted by Crippen LogP contribution is 2.36. The molecule has 0 N–H and O–H groups in total. The molecule has 0 bridgehead atoms. The minimum atomic E-state index is -0.918. The molecule has 0 atom stereocenters. The summed E-state index contributed by atoms with van der Waals surface area (Å²) in [6.07, 6.45) is 0.418. The van der Waals surface area contributed by atoms with Crippen LogP contribution < -0.4 is 0 Å². The van der Waals surface area contributed by atoms with Gasteiger partial charge in [-0.2, -0.15) is 0 Å². The molecule has 0 fully saturated rings. The molecule has 0 aliphatic carbocycles. The molecule has 0 saturated heterocycles. The van der Waals surface area contributed by atoms with Crippen molar-refractivity contribution in [1.82, 2.24) is 5.16 Å². The highest BCUT2D eigenvalue weighted by molar-refractivity contribution is 6.67. The Labute approximate surface area is 116 Å². The summed E-state index contributed by atoms with van der Waals surface area (Å²) >= 11 is 17.2. The predicted octanol–water partition coefficient (Wildman–Crippen LogP) is 3.84. The summed E-state index contributed by atoms with van der Waals surface area (Å²) in [6, 6.07) is 4.80. The lowest BCUT2D eigenvalue weighted by Crippen LogP contribution is -1.93. The fraction of sp³-hybridized carbons (Fsp3) is 0. The second-order valence-corrected chi connectivity index (χ2v) is 4.42. The van der Waals surface area contributed by atoms with Crippen LogP contribution in [0.1, 0.15) is 20.9 Å². The zero-order valence-corrected chi connectivity index (χ0v) is 10.9. The Balaban J connectivity index is 2.72. The second kappa shape index (κ2) is 5.10. The first-order chi connectivity index (χ1) is 8.56. The maximum absolute atomic E-state index is 11.0. The third kappa shape index (κ3) is 2.14. The van der Waals surface area contributed by atoms with Crippen LogP contribution in [-0.4, -0.2) is 16.7 Å². The van der Waals surface area contributed by atoms with E-state index in [2.05, 4.69) is 5.16 Å². The number of aromatic nitrogens is 1. The number of carbonyl (C=O) groups is 2. The van der Waals surface area contributed by atoms with Gasteiger partial charge in [0.1, 0.15) is 5.69 Å². The van der Waals surface area contributed by atoms with Gasteiger partial charge in [0, 0.05) is 5.56 Å². The average Bonchev–Trinajstić information content (AvgIpc) is 2.72. The van der Waals surface area contributed by atoms with Gasteiger partial charge in [-0.1, -0.05) is 34.4 Å². The van der Waals surface area contributed by atoms with Gasteiger partial charge in [0.15, 0.2) is 6.29 Å². The number of hydrogen-bond acceptors (Lipinski definition) is 4. The number of benzene rings is 1. The van der Waals surface area contributed by atoms with Gasteiger partial charge in [0.2, 0.25) is 5.76 Å². The molecular formula is C11H4Cl3NO3. The first-order valence-corrected chi connectivity index (χ1v) is 5.78. The molecular weight excluding hydrogens is 300 g/mol. The molecule has 0 radical (unpaired) electrons. The number of rotatable bonds is 3. The van der Waals surface area contributed by atoms with Gasteiger partial charge in [-0.25, -0.2) is 0 Å². The molecule has 0 spiro atoms. The maximum Gasteiger partial charge on any atom is 0.291 e. The van der Waals surface area contributed by atoms with Crippen LogP contribution in [0.5, 0.6) is 0 Å². The van der Waals surface area contributed by atoms with Crippen LogP contribution in [0.3, 0.4) is 0 Å². The van der Waals surface area contributed by atoms with Crippen LogP contribution in [0.25, 0.3) is 11.3 Å². The van der Waals surface area contributed by atoms with Gasteiger partial charge in [-0.3, -0.25) is 9.59 Å². The van der Waals surface area contributed by atoms with Crippen molar-refractivity contribution < 1.29 is 14.1 Å². The van der Waals surface area contributed by atoms with Gasteiger partial charge in [-0.15, -0.1) is 0 Å². The van der Waals surface area contributed by atoms with E-state index in [4.69, 9.17) is 39.3 Å². The molecule has 2 rings (SSSR count). The molecule has 4 nitrogen and oxygen atoms in total. The average molecular weight is 305 g/mol. The van der Waals surface area contributed by atoms with Crippen LogP contribution >= 0.6 is 34.8 Å². The largest absolute Gasteiger partial charge is 0.350 e. The molecule has 1 heterocycles. The quantitative estimate of drug-likeness (QED) is 0.638. The van der Waals surface area contributed by atoms with Crippen molar-refractivity contribution in [1.29, 1.82) is 0 Å². The van der Waals surface area contributed by atoms with E-state index in [1.807, 2.05) is 0 Å². The number of carbonyl (C=O) groups excluding carboxylic acids is 2. The van der Waals surface area contributed by atoms with Crippen molar-refractivity contribution in [3.8, 4) is 11.3 Å². The number of hydrogen-bond donors (Lipinski definition) is 0. The molecule has 1 aromatic carbocycles. The van der Waals surface area contributed by atoms with E-state index in [-0.39, 0.29) is 27.1 Å².